The van der Waals surface area contributed by atoms with E-state index in [1.165, 1.54) is 60.1 Å². The Balaban J connectivity index is 1.16. The summed E-state index contributed by atoms with van der Waals surface area (Å²) >= 11 is 0. The predicted octanol–water partition coefficient (Wildman–Crippen LogP) is 6.45. The minimum Gasteiger partial charge on any atom is -0.309 e. The second-order valence-electron chi connectivity index (χ2n) is 11.0. The highest BCUT2D eigenvalue weighted by Crippen LogP contribution is 2.36. The van der Waals surface area contributed by atoms with E-state index in [-0.39, 0.29) is 0 Å². The van der Waals surface area contributed by atoms with E-state index < -0.39 is 0 Å². The van der Waals surface area contributed by atoms with Gasteiger partial charge in [-0.2, -0.15) is 0 Å². The largest absolute Gasteiger partial charge is 0.309 e. The van der Waals surface area contributed by atoms with Crippen LogP contribution < -0.4 is 5.32 Å². The Morgan fingerprint density at radius 1 is 0.737 bits per heavy atom. The van der Waals surface area contributed by atoms with Crippen LogP contribution in [0.25, 0.3) is 0 Å². The molecule has 2 heterocycles. The smallest absolute Gasteiger partial charge is 0.0607 e. The van der Waals surface area contributed by atoms with Crippen LogP contribution in [-0.4, -0.2) is 21.4 Å². The molecule has 0 aliphatic heterocycles. The van der Waals surface area contributed by atoms with Gasteiger partial charge in [0.25, 0.3) is 0 Å². The first-order chi connectivity index (χ1) is 18.8. The van der Waals surface area contributed by atoms with E-state index >= 15 is 0 Å². The molecular formula is C34H38N4. The van der Waals surface area contributed by atoms with Crippen LogP contribution in [0.2, 0.25) is 0 Å². The van der Waals surface area contributed by atoms with Gasteiger partial charge in [0.1, 0.15) is 0 Å². The number of hydrogen-bond donors (Lipinski definition) is 1. The fourth-order valence-corrected chi connectivity index (χ4v) is 6.35. The van der Waals surface area contributed by atoms with E-state index in [1.807, 2.05) is 24.7 Å². The molecule has 1 N–H and O–H groups in total. The zero-order valence-electron chi connectivity index (χ0n) is 22.2. The molecule has 0 unspecified atom stereocenters. The lowest BCUT2D eigenvalue weighted by Crippen LogP contribution is -2.37. The molecule has 0 saturated heterocycles. The molecule has 2 aromatic carbocycles. The van der Waals surface area contributed by atoms with Gasteiger partial charge in [0.2, 0.25) is 0 Å². The first-order valence-corrected chi connectivity index (χ1v) is 14.2. The second kappa shape index (κ2) is 12.0. The van der Waals surface area contributed by atoms with Crippen LogP contribution in [0.1, 0.15) is 64.4 Å². The highest BCUT2D eigenvalue weighted by atomic mass is 15.2. The minimum absolute atomic E-state index is 0.401. The zero-order valence-corrected chi connectivity index (χ0v) is 22.2. The molecule has 6 rings (SSSR count). The predicted molar refractivity (Wildman–Crippen MR) is 154 cm³/mol. The molecule has 0 amide bonds. The highest BCUT2D eigenvalue weighted by Gasteiger charge is 2.30. The minimum atomic E-state index is 0.401. The van der Waals surface area contributed by atoms with Crippen LogP contribution >= 0.6 is 0 Å². The summed E-state index contributed by atoms with van der Waals surface area (Å²) < 4.78 is 0. The number of hydrogen-bond acceptors (Lipinski definition) is 4. The van der Waals surface area contributed by atoms with Gasteiger partial charge in [-0.3, -0.25) is 14.9 Å². The molecule has 0 radical (unpaired) electrons. The van der Waals surface area contributed by atoms with Crippen LogP contribution in [0.4, 0.5) is 0 Å². The zero-order chi connectivity index (χ0) is 25.6. The van der Waals surface area contributed by atoms with Crippen LogP contribution in [0, 0.1) is 5.92 Å². The van der Waals surface area contributed by atoms with Crippen LogP contribution in [0.3, 0.4) is 0 Å². The number of rotatable bonds is 9. The van der Waals surface area contributed by atoms with E-state index in [2.05, 4.69) is 81.9 Å². The number of fused-ring (bicyclic) bond motifs is 2. The number of aryl methyl sites for hydroxylation is 2. The van der Waals surface area contributed by atoms with Crippen molar-refractivity contribution in [2.24, 2.45) is 5.92 Å². The monoisotopic (exact) mass is 502 g/mol. The Kier molecular flexibility index (Phi) is 7.90. The van der Waals surface area contributed by atoms with Gasteiger partial charge < -0.3 is 5.32 Å². The molecule has 2 atom stereocenters. The van der Waals surface area contributed by atoms with Crippen molar-refractivity contribution in [1.29, 1.82) is 0 Å². The Labute approximate surface area is 227 Å². The average molecular weight is 503 g/mol. The maximum absolute atomic E-state index is 4.91. The van der Waals surface area contributed by atoms with Gasteiger partial charge in [-0.15, -0.1) is 0 Å². The molecule has 0 saturated carbocycles. The van der Waals surface area contributed by atoms with E-state index in [4.69, 9.17) is 4.98 Å². The quantitative estimate of drug-likeness (QED) is 0.286. The first kappa shape index (κ1) is 25.0. The average Bonchev–Trinajstić information content (AvgIpc) is 2.98. The maximum atomic E-state index is 4.91. The van der Waals surface area contributed by atoms with Gasteiger partial charge in [-0.25, -0.2) is 0 Å². The van der Waals surface area contributed by atoms with Crippen LogP contribution in [-0.2, 0) is 38.9 Å². The molecular weight excluding hydrogens is 464 g/mol. The highest BCUT2D eigenvalue weighted by molar-refractivity contribution is 5.30. The molecule has 2 aromatic heterocycles. The van der Waals surface area contributed by atoms with E-state index in [1.54, 1.807) is 11.1 Å². The summed E-state index contributed by atoms with van der Waals surface area (Å²) in [5, 5.41) is 3.54. The Bertz CT molecular complexity index is 1320. The van der Waals surface area contributed by atoms with Gasteiger partial charge in [0.15, 0.2) is 0 Å². The maximum Gasteiger partial charge on any atom is 0.0607 e. The van der Waals surface area contributed by atoms with E-state index in [0.29, 0.717) is 12.0 Å². The summed E-state index contributed by atoms with van der Waals surface area (Å²) in [5.41, 5.74) is 9.77. The summed E-state index contributed by atoms with van der Waals surface area (Å²) in [4.78, 5) is 11.9. The molecule has 194 valence electrons. The molecule has 2 aliphatic carbocycles. The summed E-state index contributed by atoms with van der Waals surface area (Å²) in [6.45, 7) is 3.80. The van der Waals surface area contributed by atoms with Gasteiger partial charge in [-0.1, -0.05) is 60.7 Å². The van der Waals surface area contributed by atoms with Gasteiger partial charge in [0.05, 0.1) is 11.7 Å². The molecule has 4 aromatic rings. The van der Waals surface area contributed by atoms with Crippen molar-refractivity contribution < 1.29 is 0 Å². The third-order valence-corrected chi connectivity index (χ3v) is 8.34. The molecule has 38 heavy (non-hydrogen) atoms. The van der Waals surface area contributed by atoms with Crippen molar-refractivity contribution >= 4 is 0 Å². The second-order valence-corrected chi connectivity index (χ2v) is 11.0. The molecule has 4 heteroatoms. The van der Waals surface area contributed by atoms with Crippen molar-refractivity contribution in [2.45, 2.75) is 64.2 Å². The van der Waals surface area contributed by atoms with Crippen LogP contribution in [0.15, 0.2) is 91.4 Å². The van der Waals surface area contributed by atoms with Crippen molar-refractivity contribution in [2.75, 3.05) is 6.54 Å². The van der Waals surface area contributed by atoms with Gasteiger partial charge >= 0.3 is 0 Å². The molecule has 0 bridgehead atoms. The van der Waals surface area contributed by atoms with Gasteiger partial charge in [-0.05, 0) is 90.0 Å². The Hall–Kier alpha value is -3.34. The summed E-state index contributed by atoms with van der Waals surface area (Å²) in [5.74, 6) is 0.690. The topological polar surface area (TPSA) is 41.1 Å². The third kappa shape index (κ3) is 6.03. The van der Waals surface area contributed by atoms with Crippen molar-refractivity contribution in [3.8, 4) is 0 Å². The molecule has 0 spiro atoms. The summed E-state index contributed by atoms with van der Waals surface area (Å²) in [6.07, 6.45) is 13.0. The molecule has 0 fully saturated rings. The lowest BCUT2D eigenvalue weighted by molar-refractivity contribution is 0.134. The number of nitrogens with zero attached hydrogens (tertiary/aromatic N) is 3. The third-order valence-electron chi connectivity index (χ3n) is 8.34. The number of pyridine rings is 2. The Morgan fingerprint density at radius 3 is 2.39 bits per heavy atom. The fourth-order valence-electron chi connectivity index (χ4n) is 6.35. The van der Waals surface area contributed by atoms with Crippen molar-refractivity contribution in [3.05, 3.63) is 130 Å². The SMILES string of the molecule is c1cncc(CNCc2ccc(CN(C[C@@H]3CCc4ccccc4C3)[C@H]3CCCc4cccnc43)cc2)c1. The number of aromatic nitrogens is 2. The summed E-state index contributed by atoms with van der Waals surface area (Å²) in [6, 6.07) is 27.2. The summed E-state index contributed by atoms with van der Waals surface area (Å²) in [7, 11) is 0. The van der Waals surface area contributed by atoms with E-state index in [0.717, 1.165) is 32.6 Å². The van der Waals surface area contributed by atoms with E-state index in [9.17, 15) is 0 Å². The van der Waals surface area contributed by atoms with Crippen molar-refractivity contribution in [1.82, 2.24) is 20.2 Å². The normalized spacial score (nSPS) is 18.7. The Morgan fingerprint density at radius 2 is 1.53 bits per heavy atom. The fraction of sp³-hybridized carbons (Fsp3) is 0.353. The lowest BCUT2D eigenvalue weighted by atomic mass is 9.82. The van der Waals surface area contributed by atoms with Gasteiger partial charge in [0, 0.05) is 44.8 Å². The van der Waals surface area contributed by atoms with Crippen LogP contribution in [0.5, 0.6) is 0 Å². The van der Waals surface area contributed by atoms with Crippen molar-refractivity contribution in [3.63, 3.8) is 0 Å². The lowest BCUT2D eigenvalue weighted by Gasteiger charge is -2.38. The number of benzene rings is 2. The first-order valence-electron chi connectivity index (χ1n) is 14.2. The standard InChI is InChI=1S/C34H38N4/c1-2-8-32-20-28(16-17-30(32)7-1)25-38(33-11-3-9-31-10-5-19-37-34(31)33)24-27-14-12-26(13-15-27)21-36-23-29-6-4-18-35-22-29/h1-2,4-8,10,12-15,18-19,22,28,33,36H,3,9,11,16-17,20-21,23-25H2/t28-,33+/m1/s1. The molecule has 4 nitrogen and oxygen atoms in total. The number of nitrogens with one attached hydrogen (secondary N) is 1. The molecule has 2 aliphatic rings.